The minimum atomic E-state index is -0.674. The average molecular weight is 299 g/mol. The zero-order valence-electron chi connectivity index (χ0n) is 11.7. The number of hydrogen-bond acceptors (Lipinski definition) is 3. The van der Waals surface area contributed by atoms with Crippen LogP contribution in [0.25, 0.3) is 6.08 Å². The van der Waals surface area contributed by atoms with Gasteiger partial charge in [0.15, 0.2) is 6.61 Å². The maximum atomic E-state index is 12.9. The van der Waals surface area contributed by atoms with E-state index in [9.17, 15) is 14.0 Å². The highest BCUT2D eigenvalue weighted by atomic mass is 19.1. The van der Waals surface area contributed by atoms with Gasteiger partial charge in [0.25, 0.3) is 5.91 Å². The number of para-hydroxylation sites is 1. The van der Waals surface area contributed by atoms with Crippen molar-refractivity contribution in [3.05, 3.63) is 72.1 Å². The molecule has 0 saturated heterocycles. The Hall–Kier alpha value is -2.95. The third-order valence-electron chi connectivity index (χ3n) is 2.66. The van der Waals surface area contributed by atoms with Gasteiger partial charge in [-0.1, -0.05) is 30.3 Å². The number of anilines is 1. The van der Waals surface area contributed by atoms with Gasteiger partial charge in [0, 0.05) is 11.8 Å². The van der Waals surface area contributed by atoms with Gasteiger partial charge in [-0.25, -0.2) is 9.18 Å². The number of benzene rings is 2. The molecule has 0 atom stereocenters. The third-order valence-corrected chi connectivity index (χ3v) is 2.66. The van der Waals surface area contributed by atoms with Crippen LogP contribution in [0, 0.1) is 5.82 Å². The van der Waals surface area contributed by atoms with Gasteiger partial charge in [-0.15, -0.1) is 0 Å². The van der Waals surface area contributed by atoms with Gasteiger partial charge in [-0.2, -0.15) is 0 Å². The summed E-state index contributed by atoms with van der Waals surface area (Å²) in [5.41, 5.74) is 1.16. The normalized spacial score (nSPS) is 10.4. The largest absolute Gasteiger partial charge is 0.452 e. The molecule has 1 amide bonds. The molecule has 0 aliphatic heterocycles. The molecule has 0 radical (unpaired) electrons. The molecule has 2 rings (SSSR count). The molecule has 2 aromatic carbocycles. The highest BCUT2D eigenvalue weighted by Crippen LogP contribution is 2.06. The predicted octanol–water partition coefficient (Wildman–Crippen LogP) is 3.02. The van der Waals surface area contributed by atoms with Crippen LogP contribution in [-0.2, 0) is 14.3 Å². The Balaban J connectivity index is 1.79. The summed E-state index contributed by atoms with van der Waals surface area (Å²) in [5, 5.41) is 2.59. The van der Waals surface area contributed by atoms with Gasteiger partial charge in [-0.05, 0) is 35.9 Å². The molecule has 5 heteroatoms. The lowest BCUT2D eigenvalue weighted by atomic mass is 10.2. The minimum absolute atomic E-state index is 0.388. The summed E-state index contributed by atoms with van der Waals surface area (Å²) < 4.78 is 17.7. The smallest absolute Gasteiger partial charge is 0.331 e. The van der Waals surface area contributed by atoms with Crippen LogP contribution in [0.15, 0.2) is 60.7 Å². The second-order valence-corrected chi connectivity index (χ2v) is 4.41. The Morgan fingerprint density at radius 3 is 2.59 bits per heavy atom. The number of halogens is 1. The summed E-state index contributed by atoms with van der Waals surface area (Å²) in [6.45, 7) is -0.388. The quantitative estimate of drug-likeness (QED) is 0.682. The molecule has 4 nitrogen and oxygen atoms in total. The molecule has 0 aliphatic rings. The first-order chi connectivity index (χ1) is 10.6. The SMILES string of the molecule is O=C(COC(=O)/C=C/c1cccc(F)c1)Nc1ccccc1. The highest BCUT2D eigenvalue weighted by molar-refractivity contribution is 5.94. The van der Waals surface area contributed by atoms with Crippen molar-refractivity contribution in [3.8, 4) is 0 Å². The van der Waals surface area contributed by atoms with E-state index < -0.39 is 17.7 Å². The van der Waals surface area contributed by atoms with E-state index in [2.05, 4.69) is 5.32 Å². The number of nitrogens with one attached hydrogen (secondary N) is 1. The Bertz CT molecular complexity index is 683. The maximum Gasteiger partial charge on any atom is 0.331 e. The van der Waals surface area contributed by atoms with E-state index in [4.69, 9.17) is 4.74 Å². The summed E-state index contributed by atoms with van der Waals surface area (Å²) in [6, 6.07) is 14.6. The van der Waals surface area contributed by atoms with Crippen LogP contribution in [0.3, 0.4) is 0 Å². The summed E-state index contributed by atoms with van der Waals surface area (Å²) in [5.74, 6) is -1.50. The number of carbonyl (C=O) groups is 2. The number of amides is 1. The Kier molecular flexibility index (Phi) is 5.43. The van der Waals surface area contributed by atoms with Gasteiger partial charge < -0.3 is 10.1 Å². The van der Waals surface area contributed by atoms with E-state index in [1.54, 1.807) is 30.3 Å². The molecule has 112 valence electrons. The fraction of sp³-hybridized carbons (Fsp3) is 0.0588. The number of ether oxygens (including phenoxy) is 1. The van der Waals surface area contributed by atoms with Crippen molar-refractivity contribution in [1.82, 2.24) is 0 Å². The lowest BCUT2D eigenvalue weighted by Gasteiger charge is -2.04. The Morgan fingerprint density at radius 1 is 1.09 bits per heavy atom. The standard InChI is InChI=1S/C17H14FNO3/c18-14-6-4-5-13(11-14)9-10-17(21)22-12-16(20)19-15-7-2-1-3-8-15/h1-11H,12H2,(H,19,20)/b10-9+. The molecule has 0 fully saturated rings. The summed E-state index contributed by atoms with van der Waals surface area (Å²) in [4.78, 5) is 23.0. The zero-order chi connectivity index (χ0) is 15.8. The first kappa shape index (κ1) is 15.4. The highest BCUT2D eigenvalue weighted by Gasteiger charge is 2.05. The lowest BCUT2D eigenvalue weighted by molar-refractivity contribution is -0.142. The third kappa shape index (κ3) is 5.20. The van der Waals surface area contributed by atoms with Crippen LogP contribution in [-0.4, -0.2) is 18.5 Å². The molecule has 0 saturated carbocycles. The van der Waals surface area contributed by atoms with Crippen LogP contribution in [0.2, 0.25) is 0 Å². The van der Waals surface area contributed by atoms with Crippen LogP contribution in [0.1, 0.15) is 5.56 Å². The van der Waals surface area contributed by atoms with Crippen molar-refractivity contribution in [2.45, 2.75) is 0 Å². The summed E-state index contributed by atoms with van der Waals surface area (Å²) in [7, 11) is 0. The number of rotatable bonds is 5. The van der Waals surface area contributed by atoms with Crippen LogP contribution < -0.4 is 5.32 Å². The monoisotopic (exact) mass is 299 g/mol. The Morgan fingerprint density at radius 2 is 1.86 bits per heavy atom. The molecule has 1 N–H and O–H groups in total. The fourth-order valence-electron chi connectivity index (χ4n) is 1.68. The van der Waals surface area contributed by atoms with Gasteiger partial charge in [0.05, 0.1) is 0 Å². The van der Waals surface area contributed by atoms with Crippen molar-refractivity contribution >= 4 is 23.6 Å². The lowest BCUT2D eigenvalue weighted by Crippen LogP contribution is -2.20. The van der Waals surface area contributed by atoms with E-state index in [0.29, 0.717) is 11.3 Å². The van der Waals surface area contributed by atoms with Crippen molar-refractivity contribution < 1.29 is 18.7 Å². The molecule has 0 aromatic heterocycles. The zero-order valence-corrected chi connectivity index (χ0v) is 11.7. The molecule has 0 bridgehead atoms. The van der Waals surface area contributed by atoms with Crippen LogP contribution in [0.4, 0.5) is 10.1 Å². The number of esters is 1. The topological polar surface area (TPSA) is 55.4 Å². The van der Waals surface area contributed by atoms with E-state index in [1.165, 1.54) is 24.3 Å². The van der Waals surface area contributed by atoms with Crippen molar-refractivity contribution in [2.75, 3.05) is 11.9 Å². The molecular weight excluding hydrogens is 285 g/mol. The minimum Gasteiger partial charge on any atom is -0.452 e. The predicted molar refractivity (Wildman–Crippen MR) is 81.5 cm³/mol. The van der Waals surface area contributed by atoms with Crippen molar-refractivity contribution in [1.29, 1.82) is 0 Å². The van der Waals surface area contributed by atoms with Gasteiger partial charge in [0.2, 0.25) is 0 Å². The molecule has 2 aromatic rings. The molecule has 22 heavy (non-hydrogen) atoms. The van der Waals surface area contributed by atoms with E-state index in [1.807, 2.05) is 6.07 Å². The van der Waals surface area contributed by atoms with Crippen molar-refractivity contribution in [3.63, 3.8) is 0 Å². The second-order valence-electron chi connectivity index (χ2n) is 4.41. The summed E-state index contributed by atoms with van der Waals surface area (Å²) >= 11 is 0. The van der Waals surface area contributed by atoms with Crippen LogP contribution in [0.5, 0.6) is 0 Å². The van der Waals surface area contributed by atoms with Crippen molar-refractivity contribution in [2.24, 2.45) is 0 Å². The molecular formula is C17H14FNO3. The Labute approximate surface area is 127 Å². The molecule has 0 spiro atoms. The van der Waals surface area contributed by atoms with Gasteiger partial charge >= 0.3 is 5.97 Å². The summed E-state index contributed by atoms with van der Waals surface area (Å²) in [6.07, 6.45) is 2.56. The van der Waals surface area contributed by atoms with E-state index >= 15 is 0 Å². The molecule has 0 heterocycles. The fourth-order valence-corrected chi connectivity index (χ4v) is 1.68. The number of carbonyl (C=O) groups excluding carboxylic acids is 2. The van der Waals surface area contributed by atoms with Crippen LogP contribution >= 0.6 is 0 Å². The molecule has 0 unspecified atom stereocenters. The number of hydrogen-bond donors (Lipinski definition) is 1. The van der Waals surface area contributed by atoms with Gasteiger partial charge in [-0.3, -0.25) is 4.79 Å². The average Bonchev–Trinajstić information content (AvgIpc) is 2.52. The molecule has 0 aliphatic carbocycles. The van der Waals surface area contributed by atoms with E-state index in [-0.39, 0.29) is 6.61 Å². The van der Waals surface area contributed by atoms with E-state index in [0.717, 1.165) is 6.08 Å². The maximum absolute atomic E-state index is 12.9. The van der Waals surface area contributed by atoms with Gasteiger partial charge in [0.1, 0.15) is 5.82 Å². The second kappa shape index (κ2) is 7.73. The first-order valence-electron chi connectivity index (χ1n) is 6.59. The first-order valence-corrected chi connectivity index (χ1v) is 6.59.